The van der Waals surface area contributed by atoms with E-state index in [2.05, 4.69) is 12.4 Å². The van der Waals surface area contributed by atoms with Gasteiger partial charge >= 0.3 is 0 Å². The van der Waals surface area contributed by atoms with Crippen molar-refractivity contribution in [2.75, 3.05) is 27.2 Å². The first-order chi connectivity index (χ1) is 10.3. The first kappa shape index (κ1) is 16.7. The molecule has 1 amide bonds. The zero-order chi connectivity index (χ0) is 16.3. The Balaban J connectivity index is 2.20. The molecule has 22 heavy (non-hydrogen) atoms. The zero-order valence-electron chi connectivity index (χ0n) is 12.8. The fourth-order valence-corrected chi connectivity index (χ4v) is 3.10. The number of benzene rings is 1. The molecular weight excluding hydrogens is 306 g/mol. The number of hydrogen-bond donors (Lipinski definition) is 3. The Bertz CT molecular complexity index is 652. The highest BCUT2D eigenvalue weighted by Crippen LogP contribution is 2.22. The lowest BCUT2D eigenvalue weighted by molar-refractivity contribution is -0.884. The van der Waals surface area contributed by atoms with E-state index < -0.39 is 10.0 Å². The molecule has 0 aromatic heterocycles. The number of rotatable bonds is 4. The zero-order valence-corrected chi connectivity index (χ0v) is 13.6. The van der Waals surface area contributed by atoms with Gasteiger partial charge in [-0.3, -0.25) is 4.79 Å². The largest absolute Gasteiger partial charge is 0.496 e. The predicted octanol–water partition coefficient (Wildman–Crippen LogP) is -1.25. The monoisotopic (exact) mass is 328 g/mol. The van der Waals surface area contributed by atoms with Gasteiger partial charge in [-0.25, -0.2) is 13.6 Å². The third-order valence-corrected chi connectivity index (χ3v) is 4.83. The number of hydrogen-bond acceptors (Lipinski definition) is 4. The van der Waals surface area contributed by atoms with Gasteiger partial charge in [0.1, 0.15) is 5.75 Å². The van der Waals surface area contributed by atoms with Gasteiger partial charge in [-0.15, -0.1) is 0 Å². The Labute approximate surface area is 130 Å². The minimum atomic E-state index is -3.86. The normalized spacial score (nSPS) is 22.1. The fraction of sp³-hybridized carbons (Fsp3) is 0.500. The van der Waals surface area contributed by atoms with Gasteiger partial charge in [0.25, 0.3) is 5.91 Å². The lowest BCUT2D eigenvalue weighted by Crippen LogP contribution is -3.10. The van der Waals surface area contributed by atoms with E-state index in [1.807, 2.05) is 0 Å². The molecule has 1 aromatic carbocycles. The molecule has 0 aliphatic carbocycles. The second-order valence-electron chi connectivity index (χ2n) is 5.61. The number of piperidine rings is 1. The number of methoxy groups -OCH3 is 1. The molecule has 1 aliphatic rings. The molecule has 122 valence electrons. The van der Waals surface area contributed by atoms with Crippen LogP contribution in [0.5, 0.6) is 5.75 Å². The topological polar surface area (TPSA) is 103 Å². The van der Waals surface area contributed by atoms with E-state index in [0.29, 0.717) is 5.75 Å². The van der Waals surface area contributed by atoms with Crippen LogP contribution in [0.25, 0.3) is 0 Å². The van der Waals surface area contributed by atoms with E-state index >= 15 is 0 Å². The molecule has 0 radical (unpaired) electrons. The van der Waals surface area contributed by atoms with E-state index in [9.17, 15) is 13.2 Å². The van der Waals surface area contributed by atoms with Gasteiger partial charge in [0.2, 0.25) is 10.0 Å². The molecule has 0 unspecified atom stereocenters. The number of likely N-dealkylation sites (tertiary alicyclic amines) is 1. The van der Waals surface area contributed by atoms with Crippen LogP contribution in [0.4, 0.5) is 0 Å². The van der Waals surface area contributed by atoms with Crippen LogP contribution in [0.15, 0.2) is 23.1 Å². The number of amides is 1. The maximum Gasteiger partial charge on any atom is 0.255 e. The van der Waals surface area contributed by atoms with Crippen LogP contribution in [-0.4, -0.2) is 47.6 Å². The minimum absolute atomic E-state index is 0.0963. The second kappa shape index (κ2) is 6.64. The molecule has 0 bridgehead atoms. The maximum atomic E-state index is 12.4. The second-order valence-corrected chi connectivity index (χ2v) is 7.17. The summed E-state index contributed by atoms with van der Waals surface area (Å²) in [6.45, 7) is 2.00. The lowest BCUT2D eigenvalue weighted by atomic mass is 10.0. The minimum Gasteiger partial charge on any atom is -0.496 e. The first-order valence-corrected chi connectivity index (χ1v) is 8.69. The average molecular weight is 328 g/mol. The van der Waals surface area contributed by atoms with E-state index in [-0.39, 0.29) is 22.4 Å². The molecule has 2 rings (SSSR count). The summed E-state index contributed by atoms with van der Waals surface area (Å²) in [4.78, 5) is 13.8. The summed E-state index contributed by atoms with van der Waals surface area (Å²) in [6.07, 6.45) is 1.80. The van der Waals surface area contributed by atoms with Gasteiger partial charge in [0.15, 0.2) is 0 Å². The molecular formula is C14H22N3O4S+. The Morgan fingerprint density at radius 2 is 2.00 bits per heavy atom. The molecule has 1 saturated heterocycles. The number of nitrogens with one attached hydrogen (secondary N) is 2. The SMILES string of the molecule is COc1ccc(S(N)(=O)=O)cc1C(=O)NC1CC[NH+](C)CC1. The molecule has 1 aromatic rings. The number of primary sulfonamides is 1. The Morgan fingerprint density at radius 1 is 1.36 bits per heavy atom. The number of ether oxygens (including phenoxy) is 1. The fourth-order valence-electron chi connectivity index (χ4n) is 2.56. The van der Waals surface area contributed by atoms with Gasteiger partial charge in [-0.05, 0) is 18.2 Å². The number of carbonyl (C=O) groups excluding carboxylic acids is 1. The van der Waals surface area contributed by atoms with Crippen molar-refractivity contribution in [1.29, 1.82) is 0 Å². The highest BCUT2D eigenvalue weighted by Gasteiger charge is 2.23. The van der Waals surface area contributed by atoms with Gasteiger partial charge in [-0.2, -0.15) is 0 Å². The summed E-state index contributed by atoms with van der Waals surface area (Å²) >= 11 is 0. The van der Waals surface area contributed by atoms with Crippen molar-refractivity contribution in [3.8, 4) is 5.75 Å². The molecule has 1 aliphatic heterocycles. The van der Waals surface area contributed by atoms with Crippen molar-refractivity contribution in [3.05, 3.63) is 23.8 Å². The highest BCUT2D eigenvalue weighted by atomic mass is 32.2. The van der Waals surface area contributed by atoms with Gasteiger partial charge in [0.05, 0.1) is 37.7 Å². The molecule has 4 N–H and O–H groups in total. The summed E-state index contributed by atoms with van der Waals surface area (Å²) in [7, 11) is -0.309. The van der Waals surface area contributed by atoms with Gasteiger partial charge in [-0.1, -0.05) is 0 Å². The Kier molecular flexibility index (Phi) is 5.05. The molecule has 1 fully saturated rings. The number of carbonyl (C=O) groups is 1. The molecule has 8 heteroatoms. The number of sulfonamides is 1. The van der Waals surface area contributed by atoms with Crippen LogP contribution < -0.4 is 20.1 Å². The van der Waals surface area contributed by atoms with Crippen molar-refractivity contribution in [3.63, 3.8) is 0 Å². The third kappa shape index (κ3) is 3.96. The summed E-state index contributed by atoms with van der Waals surface area (Å²) in [5.41, 5.74) is 0.181. The van der Waals surface area contributed by atoms with Gasteiger partial charge in [0, 0.05) is 18.9 Å². The molecule has 7 nitrogen and oxygen atoms in total. The van der Waals surface area contributed by atoms with Crippen LogP contribution in [0, 0.1) is 0 Å². The van der Waals surface area contributed by atoms with Crippen molar-refractivity contribution in [2.24, 2.45) is 5.14 Å². The first-order valence-electron chi connectivity index (χ1n) is 7.14. The van der Waals surface area contributed by atoms with Crippen LogP contribution in [-0.2, 0) is 10.0 Å². The third-order valence-electron chi connectivity index (χ3n) is 3.92. The smallest absolute Gasteiger partial charge is 0.255 e. The van der Waals surface area contributed by atoms with Crippen molar-refractivity contribution >= 4 is 15.9 Å². The van der Waals surface area contributed by atoms with Crippen LogP contribution in [0.2, 0.25) is 0 Å². The van der Waals surface area contributed by atoms with Crippen LogP contribution in [0.3, 0.4) is 0 Å². The maximum absolute atomic E-state index is 12.4. The van der Waals surface area contributed by atoms with E-state index in [0.717, 1.165) is 25.9 Å². The summed E-state index contributed by atoms with van der Waals surface area (Å²) in [5.74, 6) is -0.0182. The molecule has 1 heterocycles. The van der Waals surface area contributed by atoms with Crippen molar-refractivity contribution in [1.82, 2.24) is 5.32 Å². The van der Waals surface area contributed by atoms with Crippen LogP contribution in [0.1, 0.15) is 23.2 Å². The van der Waals surface area contributed by atoms with E-state index in [4.69, 9.17) is 9.88 Å². The Hall–Kier alpha value is -1.64. The van der Waals surface area contributed by atoms with E-state index in [1.54, 1.807) is 0 Å². The summed E-state index contributed by atoms with van der Waals surface area (Å²) < 4.78 is 28.0. The predicted molar refractivity (Wildman–Crippen MR) is 81.5 cm³/mol. The number of quaternary nitrogens is 1. The standard InChI is InChI=1S/C14H21N3O4S/c1-17-7-5-10(6-8-17)16-14(18)12-9-11(22(15,19)20)3-4-13(12)21-2/h3-4,9-10H,5-8H2,1-2H3,(H,16,18)(H2,15,19,20)/p+1. The molecule has 0 saturated carbocycles. The highest BCUT2D eigenvalue weighted by molar-refractivity contribution is 7.89. The van der Waals surface area contributed by atoms with Crippen molar-refractivity contribution < 1.29 is 22.8 Å². The van der Waals surface area contributed by atoms with Crippen molar-refractivity contribution in [2.45, 2.75) is 23.8 Å². The van der Waals surface area contributed by atoms with E-state index in [1.165, 1.54) is 30.2 Å². The average Bonchev–Trinajstić information content (AvgIpc) is 2.48. The quantitative estimate of drug-likeness (QED) is 0.642. The molecule has 0 atom stereocenters. The lowest BCUT2D eigenvalue weighted by Gasteiger charge is -2.27. The van der Waals surface area contributed by atoms with Crippen LogP contribution >= 0.6 is 0 Å². The number of nitrogens with two attached hydrogens (primary N) is 1. The van der Waals surface area contributed by atoms with Gasteiger partial charge < -0.3 is 15.0 Å². The molecule has 0 spiro atoms. The Morgan fingerprint density at radius 3 is 2.55 bits per heavy atom. The summed E-state index contributed by atoms with van der Waals surface area (Å²) in [5, 5.41) is 8.05. The summed E-state index contributed by atoms with van der Waals surface area (Å²) in [6, 6.07) is 4.11.